The van der Waals surface area contributed by atoms with E-state index in [4.69, 9.17) is 5.84 Å². The average molecular weight is 264 g/mol. The van der Waals surface area contributed by atoms with Gasteiger partial charge in [-0.3, -0.25) is 0 Å². The van der Waals surface area contributed by atoms with Crippen LogP contribution in [0.15, 0.2) is 71.9 Å². The van der Waals surface area contributed by atoms with Gasteiger partial charge in [0.1, 0.15) is 0 Å². The van der Waals surface area contributed by atoms with E-state index in [0.717, 1.165) is 16.5 Å². The lowest BCUT2D eigenvalue weighted by Gasteiger charge is -2.04. The zero-order valence-corrected chi connectivity index (χ0v) is 10.8. The number of fused-ring (bicyclic) bond motifs is 1. The summed E-state index contributed by atoms with van der Waals surface area (Å²) in [5.41, 5.74) is 2.78. The largest absolute Gasteiger partial charge is 0.410 e. The minimum atomic E-state index is 0.443. The zero-order valence-electron chi connectivity index (χ0n) is 10.8. The molecular formula is C16H14N3O+. The summed E-state index contributed by atoms with van der Waals surface area (Å²) in [5.74, 6) is 6.16. The van der Waals surface area contributed by atoms with Crippen LogP contribution >= 0.6 is 0 Å². The van der Waals surface area contributed by atoms with Crippen molar-refractivity contribution in [1.29, 1.82) is 0 Å². The van der Waals surface area contributed by atoms with Crippen molar-refractivity contribution in [2.45, 2.75) is 0 Å². The SMILES string of the molecule is N[n+]1c(/C(=N/O)c2ccccc2)ccc2ccccc21. The first-order chi connectivity index (χ1) is 9.81. The summed E-state index contributed by atoms with van der Waals surface area (Å²) in [7, 11) is 0. The summed E-state index contributed by atoms with van der Waals surface area (Å²) < 4.78 is 1.54. The highest BCUT2D eigenvalue weighted by molar-refractivity contribution is 6.10. The number of para-hydroxylation sites is 1. The molecule has 20 heavy (non-hydrogen) atoms. The lowest BCUT2D eigenvalue weighted by molar-refractivity contribution is -0.612. The fourth-order valence-electron chi connectivity index (χ4n) is 2.27. The summed E-state index contributed by atoms with van der Waals surface area (Å²) in [6.07, 6.45) is 0. The molecule has 98 valence electrons. The molecule has 1 aromatic heterocycles. The summed E-state index contributed by atoms with van der Waals surface area (Å²) >= 11 is 0. The molecule has 0 saturated heterocycles. The Kier molecular flexibility index (Phi) is 3.05. The number of benzene rings is 2. The van der Waals surface area contributed by atoms with Crippen LogP contribution in [0.1, 0.15) is 11.3 Å². The number of rotatable bonds is 2. The van der Waals surface area contributed by atoms with Crippen molar-refractivity contribution in [2.75, 3.05) is 5.84 Å². The predicted octanol–water partition coefficient (Wildman–Crippen LogP) is 2.07. The van der Waals surface area contributed by atoms with Crippen LogP contribution in [0.25, 0.3) is 10.9 Å². The molecule has 3 rings (SSSR count). The number of nitrogens with zero attached hydrogens (tertiary/aromatic N) is 2. The summed E-state index contributed by atoms with van der Waals surface area (Å²) in [6.45, 7) is 0. The molecule has 0 amide bonds. The van der Waals surface area contributed by atoms with Crippen LogP contribution in [0.5, 0.6) is 0 Å². The normalized spacial score (nSPS) is 11.7. The topological polar surface area (TPSA) is 62.5 Å². The number of nitrogen functional groups attached to an aromatic ring is 1. The van der Waals surface area contributed by atoms with E-state index >= 15 is 0 Å². The van der Waals surface area contributed by atoms with Gasteiger partial charge in [0.05, 0.1) is 0 Å². The van der Waals surface area contributed by atoms with Crippen molar-refractivity contribution in [3.8, 4) is 0 Å². The Morgan fingerprint density at radius 3 is 2.35 bits per heavy atom. The Labute approximate surface area is 116 Å². The lowest BCUT2D eigenvalue weighted by Crippen LogP contribution is -2.50. The van der Waals surface area contributed by atoms with Gasteiger partial charge in [-0.05, 0) is 12.1 Å². The Morgan fingerprint density at radius 1 is 0.900 bits per heavy atom. The first kappa shape index (κ1) is 12.2. The number of pyridine rings is 1. The van der Waals surface area contributed by atoms with Crippen LogP contribution in [-0.4, -0.2) is 10.9 Å². The van der Waals surface area contributed by atoms with Crippen LogP contribution < -0.4 is 10.5 Å². The fourth-order valence-corrected chi connectivity index (χ4v) is 2.27. The summed E-state index contributed by atoms with van der Waals surface area (Å²) in [6, 6.07) is 21.1. The number of oxime groups is 1. The maximum Gasteiger partial charge on any atom is 0.265 e. The molecule has 0 radical (unpaired) electrons. The Hall–Kier alpha value is -2.88. The first-order valence-corrected chi connectivity index (χ1v) is 6.28. The van der Waals surface area contributed by atoms with Gasteiger partial charge >= 0.3 is 0 Å². The van der Waals surface area contributed by atoms with E-state index in [1.165, 1.54) is 4.68 Å². The second-order valence-corrected chi connectivity index (χ2v) is 4.46. The molecule has 0 aliphatic carbocycles. The van der Waals surface area contributed by atoms with Crippen LogP contribution in [-0.2, 0) is 0 Å². The van der Waals surface area contributed by atoms with Gasteiger partial charge in [-0.2, -0.15) is 0 Å². The Morgan fingerprint density at radius 2 is 1.60 bits per heavy atom. The second kappa shape index (κ2) is 5.01. The van der Waals surface area contributed by atoms with Crippen molar-refractivity contribution < 1.29 is 9.88 Å². The number of hydrogen-bond donors (Lipinski definition) is 2. The van der Waals surface area contributed by atoms with Gasteiger partial charge in [0.15, 0.2) is 5.71 Å². The third kappa shape index (κ3) is 1.97. The van der Waals surface area contributed by atoms with Gasteiger partial charge in [-0.15, -0.1) is 0 Å². The third-order valence-corrected chi connectivity index (χ3v) is 3.27. The number of nitrogens with two attached hydrogens (primary N) is 1. The molecule has 0 unspecified atom stereocenters. The lowest BCUT2D eigenvalue weighted by atomic mass is 10.1. The van der Waals surface area contributed by atoms with Crippen molar-refractivity contribution in [2.24, 2.45) is 5.16 Å². The van der Waals surface area contributed by atoms with Gasteiger partial charge < -0.3 is 5.21 Å². The van der Waals surface area contributed by atoms with Crippen molar-refractivity contribution in [3.05, 3.63) is 78.0 Å². The molecule has 0 atom stereocenters. The van der Waals surface area contributed by atoms with E-state index in [9.17, 15) is 5.21 Å². The molecule has 0 saturated carbocycles. The summed E-state index contributed by atoms with van der Waals surface area (Å²) in [4.78, 5) is 0. The van der Waals surface area contributed by atoms with Gasteiger partial charge in [-0.25, -0.2) is 5.84 Å². The van der Waals surface area contributed by atoms with E-state index in [1.54, 1.807) is 0 Å². The quantitative estimate of drug-likeness (QED) is 0.245. The second-order valence-electron chi connectivity index (χ2n) is 4.46. The molecule has 0 aliphatic rings. The third-order valence-electron chi connectivity index (χ3n) is 3.27. The molecule has 4 nitrogen and oxygen atoms in total. The predicted molar refractivity (Wildman–Crippen MR) is 78.2 cm³/mol. The van der Waals surface area contributed by atoms with Crippen LogP contribution in [0.2, 0.25) is 0 Å². The van der Waals surface area contributed by atoms with Crippen molar-refractivity contribution in [3.63, 3.8) is 0 Å². The van der Waals surface area contributed by atoms with Crippen molar-refractivity contribution >= 4 is 16.6 Å². The average Bonchev–Trinajstić information content (AvgIpc) is 2.51. The molecule has 4 heteroatoms. The van der Waals surface area contributed by atoms with Crippen molar-refractivity contribution in [1.82, 2.24) is 0 Å². The first-order valence-electron chi connectivity index (χ1n) is 6.28. The minimum absolute atomic E-state index is 0.443. The summed E-state index contributed by atoms with van der Waals surface area (Å²) in [5, 5.41) is 13.8. The Bertz CT molecular complexity index is 782. The van der Waals surface area contributed by atoms with E-state index in [2.05, 4.69) is 5.16 Å². The van der Waals surface area contributed by atoms with Crippen LogP contribution in [0, 0.1) is 0 Å². The molecule has 0 aliphatic heterocycles. The van der Waals surface area contributed by atoms with E-state index in [-0.39, 0.29) is 0 Å². The van der Waals surface area contributed by atoms with Crippen LogP contribution in [0.3, 0.4) is 0 Å². The van der Waals surface area contributed by atoms with Gasteiger partial charge in [0.2, 0.25) is 5.52 Å². The molecule has 0 spiro atoms. The highest BCUT2D eigenvalue weighted by Gasteiger charge is 2.20. The standard InChI is InChI=1S/C16H13N3O/c17-19-14-9-5-4-6-12(14)10-11-15(19)16(18-20)13-7-2-1-3-8-13/h1-11H,17H2/p+1. The number of aromatic nitrogens is 1. The minimum Gasteiger partial charge on any atom is -0.410 e. The highest BCUT2D eigenvalue weighted by atomic mass is 16.4. The zero-order chi connectivity index (χ0) is 13.9. The smallest absolute Gasteiger partial charge is 0.265 e. The monoisotopic (exact) mass is 264 g/mol. The molecular weight excluding hydrogens is 250 g/mol. The number of hydrogen-bond acceptors (Lipinski definition) is 3. The maximum atomic E-state index is 9.35. The van der Waals surface area contributed by atoms with E-state index in [0.29, 0.717) is 11.4 Å². The van der Waals surface area contributed by atoms with Gasteiger partial charge in [0, 0.05) is 23.1 Å². The highest BCUT2D eigenvalue weighted by Crippen LogP contribution is 2.13. The Balaban J connectivity index is 2.21. The molecule has 2 aromatic carbocycles. The molecule has 0 fully saturated rings. The molecule has 3 N–H and O–H groups in total. The van der Waals surface area contributed by atoms with Crippen LogP contribution in [0.4, 0.5) is 0 Å². The molecule has 1 heterocycles. The maximum absolute atomic E-state index is 9.35. The van der Waals surface area contributed by atoms with Gasteiger partial charge in [-0.1, -0.05) is 52.3 Å². The molecule has 3 aromatic rings. The fraction of sp³-hybridized carbons (Fsp3) is 0. The van der Waals surface area contributed by atoms with Gasteiger partial charge in [0.25, 0.3) is 5.69 Å². The van der Waals surface area contributed by atoms with E-state index in [1.807, 2.05) is 66.7 Å². The molecule has 0 bridgehead atoms. The van der Waals surface area contributed by atoms with E-state index < -0.39 is 0 Å².